The zero-order valence-corrected chi connectivity index (χ0v) is 9.75. The topological polar surface area (TPSA) is 81.7 Å². The summed E-state index contributed by atoms with van der Waals surface area (Å²) in [5.74, 6) is -0.458. The number of rotatable bonds is 2. The van der Waals surface area contributed by atoms with E-state index in [1.165, 1.54) is 0 Å². The van der Waals surface area contributed by atoms with Gasteiger partial charge in [0.25, 0.3) is 0 Å². The summed E-state index contributed by atoms with van der Waals surface area (Å²) in [6.45, 7) is 1.92. The molecule has 18 heavy (non-hydrogen) atoms. The lowest BCUT2D eigenvalue weighted by molar-refractivity contribution is 0.1000. The van der Waals surface area contributed by atoms with Crippen molar-refractivity contribution >= 4 is 11.6 Å². The second kappa shape index (κ2) is 3.85. The summed E-state index contributed by atoms with van der Waals surface area (Å²) in [7, 11) is 0. The van der Waals surface area contributed by atoms with Crippen LogP contribution in [0.1, 0.15) is 27.8 Å². The van der Waals surface area contributed by atoms with Gasteiger partial charge in [0.1, 0.15) is 18.0 Å². The van der Waals surface area contributed by atoms with Gasteiger partial charge < -0.3 is 15.0 Å². The Balaban J connectivity index is 2.22. The predicted octanol–water partition coefficient (Wildman–Crippen LogP) is 0.831. The van der Waals surface area contributed by atoms with Gasteiger partial charge in [-0.05, 0) is 25.1 Å². The zero-order chi connectivity index (χ0) is 12.7. The van der Waals surface area contributed by atoms with Gasteiger partial charge in [0.2, 0.25) is 5.91 Å². The van der Waals surface area contributed by atoms with Crippen LogP contribution >= 0.6 is 0 Å². The first-order chi connectivity index (χ1) is 8.66. The minimum absolute atomic E-state index is 0.0804. The Bertz CT molecular complexity index is 659. The number of hydrogen-bond donors (Lipinski definition) is 2. The molecule has 3 N–H and O–H groups in total. The number of pyridine rings is 1. The molecule has 0 aliphatic carbocycles. The average Bonchev–Trinajstić information content (AvgIpc) is 2.93. The summed E-state index contributed by atoms with van der Waals surface area (Å²) in [6.07, 6.45) is 5.16. The molecule has 1 aliphatic rings. The normalized spacial score (nSPS) is 18.2. The first-order valence-electron chi connectivity index (χ1n) is 5.53. The van der Waals surface area contributed by atoms with E-state index in [0.717, 1.165) is 17.0 Å². The van der Waals surface area contributed by atoms with E-state index in [0.29, 0.717) is 5.56 Å². The third-order valence-electron chi connectivity index (χ3n) is 2.95. The van der Waals surface area contributed by atoms with Crippen LogP contribution in [0.5, 0.6) is 0 Å². The summed E-state index contributed by atoms with van der Waals surface area (Å²) < 4.78 is 1.85. The van der Waals surface area contributed by atoms with Crippen LogP contribution in [0.2, 0.25) is 0 Å². The molecule has 0 saturated carbocycles. The summed E-state index contributed by atoms with van der Waals surface area (Å²) >= 11 is 0. The molecule has 2 aromatic heterocycles. The van der Waals surface area contributed by atoms with Crippen LogP contribution in [0.4, 0.5) is 0 Å². The highest BCUT2D eigenvalue weighted by Crippen LogP contribution is 2.23. The number of amides is 1. The Hall–Kier alpha value is -2.34. The number of fused-ring (bicyclic) bond motifs is 1. The van der Waals surface area contributed by atoms with Crippen LogP contribution in [0.3, 0.4) is 0 Å². The number of aryl methyl sites for hydroxylation is 1. The minimum Gasteiger partial charge on any atom is -0.416 e. The lowest BCUT2D eigenvalue weighted by Crippen LogP contribution is -2.16. The fourth-order valence-corrected chi connectivity index (χ4v) is 2.12. The molecule has 0 radical (unpaired) electrons. The van der Waals surface area contributed by atoms with Crippen molar-refractivity contribution in [3.8, 4) is 0 Å². The van der Waals surface area contributed by atoms with Crippen molar-refractivity contribution in [2.45, 2.75) is 13.0 Å². The number of nitrogens with zero attached hydrogens (tertiary/aromatic N) is 2. The van der Waals surface area contributed by atoms with Crippen molar-refractivity contribution in [2.24, 2.45) is 5.73 Å². The van der Waals surface area contributed by atoms with Gasteiger partial charge in [-0.1, -0.05) is 0 Å². The Morgan fingerprint density at radius 1 is 1.56 bits per heavy atom. The molecule has 0 aromatic carbocycles. The number of nitrogens with one attached hydrogen (secondary N) is 1. The Morgan fingerprint density at radius 2 is 2.39 bits per heavy atom. The van der Waals surface area contributed by atoms with Crippen LogP contribution in [-0.4, -0.2) is 15.3 Å². The molecule has 3 heterocycles. The molecule has 0 spiro atoms. The van der Waals surface area contributed by atoms with E-state index in [2.05, 4.69) is 10.5 Å². The fourth-order valence-electron chi connectivity index (χ4n) is 2.12. The second-order valence-electron chi connectivity index (χ2n) is 4.13. The Morgan fingerprint density at radius 3 is 3.06 bits per heavy atom. The number of nitrogens with two attached hydrogens (primary N) is 1. The molecule has 1 amide bonds. The summed E-state index contributed by atoms with van der Waals surface area (Å²) in [5, 5.41) is 0. The Labute approximate surface area is 103 Å². The van der Waals surface area contributed by atoms with E-state index < -0.39 is 5.91 Å². The maximum atomic E-state index is 11.2. The van der Waals surface area contributed by atoms with Gasteiger partial charge in [-0.2, -0.15) is 0 Å². The van der Waals surface area contributed by atoms with E-state index in [1.54, 1.807) is 24.6 Å². The fraction of sp³-hybridized carbons (Fsp3) is 0.167. The Kier molecular flexibility index (Phi) is 2.31. The highest BCUT2D eigenvalue weighted by atomic mass is 16.6. The van der Waals surface area contributed by atoms with E-state index in [9.17, 15) is 4.79 Å². The van der Waals surface area contributed by atoms with Gasteiger partial charge in [-0.25, -0.2) is 4.98 Å². The first kappa shape index (κ1) is 10.8. The van der Waals surface area contributed by atoms with Crippen molar-refractivity contribution in [3.05, 3.63) is 47.6 Å². The lowest BCUT2D eigenvalue weighted by Gasteiger charge is -2.09. The minimum atomic E-state index is -0.458. The number of primary amides is 1. The van der Waals surface area contributed by atoms with Crippen LogP contribution in [0, 0.1) is 6.92 Å². The van der Waals surface area contributed by atoms with Crippen molar-refractivity contribution in [1.29, 1.82) is 0 Å². The van der Waals surface area contributed by atoms with E-state index in [-0.39, 0.29) is 6.04 Å². The van der Waals surface area contributed by atoms with Gasteiger partial charge in [0, 0.05) is 6.20 Å². The number of aromatic nitrogens is 2. The van der Waals surface area contributed by atoms with Crippen LogP contribution < -0.4 is 11.2 Å². The monoisotopic (exact) mass is 244 g/mol. The predicted molar refractivity (Wildman–Crippen MR) is 64.5 cm³/mol. The lowest BCUT2D eigenvalue weighted by atomic mass is 10.2. The average molecular weight is 244 g/mol. The molecule has 92 valence electrons. The SMILES string of the molecule is Cc1nc2ccc(C(N)=O)cn2c1C1C=CON1. The molecule has 6 heteroatoms. The maximum absolute atomic E-state index is 11.2. The molecule has 2 aromatic rings. The molecule has 1 atom stereocenters. The second-order valence-corrected chi connectivity index (χ2v) is 4.13. The van der Waals surface area contributed by atoms with Crippen molar-refractivity contribution in [3.63, 3.8) is 0 Å². The molecule has 3 rings (SSSR count). The van der Waals surface area contributed by atoms with Crippen LogP contribution in [0.15, 0.2) is 30.7 Å². The number of imidazole rings is 1. The third kappa shape index (κ3) is 1.54. The van der Waals surface area contributed by atoms with Crippen LogP contribution in [0.25, 0.3) is 5.65 Å². The van der Waals surface area contributed by atoms with E-state index >= 15 is 0 Å². The molecular weight excluding hydrogens is 232 g/mol. The standard InChI is InChI=1S/C12H12N4O2/c1-7-11(9-4-5-18-15-9)16-6-8(12(13)17)2-3-10(16)14-7/h2-6,9,15H,1H3,(H2,13,17). The van der Waals surface area contributed by atoms with Crippen molar-refractivity contribution in [2.75, 3.05) is 0 Å². The zero-order valence-electron chi connectivity index (χ0n) is 9.75. The van der Waals surface area contributed by atoms with Gasteiger partial charge in [0.05, 0.1) is 17.0 Å². The molecule has 1 unspecified atom stereocenters. The smallest absolute Gasteiger partial charge is 0.250 e. The molecule has 0 saturated heterocycles. The van der Waals surface area contributed by atoms with Crippen molar-refractivity contribution < 1.29 is 9.63 Å². The van der Waals surface area contributed by atoms with Gasteiger partial charge in [-0.15, -0.1) is 5.48 Å². The highest BCUT2D eigenvalue weighted by Gasteiger charge is 2.20. The third-order valence-corrected chi connectivity index (χ3v) is 2.95. The number of hydrogen-bond acceptors (Lipinski definition) is 4. The molecule has 0 fully saturated rings. The molecule has 6 nitrogen and oxygen atoms in total. The van der Waals surface area contributed by atoms with Gasteiger partial charge >= 0.3 is 0 Å². The number of carbonyl (C=O) groups excluding carboxylic acids is 1. The molecular formula is C12H12N4O2. The largest absolute Gasteiger partial charge is 0.416 e. The van der Waals surface area contributed by atoms with Gasteiger partial charge in [0.15, 0.2) is 0 Å². The maximum Gasteiger partial charge on any atom is 0.250 e. The summed E-state index contributed by atoms with van der Waals surface area (Å²) in [6, 6.07) is 3.36. The van der Waals surface area contributed by atoms with Crippen LogP contribution in [-0.2, 0) is 4.84 Å². The quantitative estimate of drug-likeness (QED) is 0.819. The molecule has 1 aliphatic heterocycles. The van der Waals surface area contributed by atoms with Gasteiger partial charge in [-0.3, -0.25) is 4.79 Å². The summed E-state index contributed by atoms with van der Waals surface area (Å²) in [5.41, 5.74) is 11.2. The first-order valence-corrected chi connectivity index (χ1v) is 5.53. The summed E-state index contributed by atoms with van der Waals surface area (Å²) in [4.78, 5) is 20.7. The molecule has 0 bridgehead atoms. The highest BCUT2D eigenvalue weighted by molar-refractivity contribution is 5.92. The number of hydroxylamine groups is 1. The van der Waals surface area contributed by atoms with E-state index in [4.69, 9.17) is 10.6 Å². The van der Waals surface area contributed by atoms with E-state index in [1.807, 2.05) is 17.4 Å². The number of carbonyl (C=O) groups is 1. The van der Waals surface area contributed by atoms with Crippen molar-refractivity contribution in [1.82, 2.24) is 14.9 Å².